The first-order valence-corrected chi connectivity index (χ1v) is 10.7. The number of benzene rings is 2. The molecule has 1 N–H and O–H groups in total. The van der Waals surface area contributed by atoms with E-state index in [-0.39, 0.29) is 18.0 Å². The minimum Gasteiger partial charge on any atom is -0.323 e. The fourth-order valence-electron chi connectivity index (χ4n) is 3.34. The summed E-state index contributed by atoms with van der Waals surface area (Å²) in [6.07, 6.45) is 1.40. The van der Waals surface area contributed by atoms with Crippen molar-refractivity contribution in [3.63, 3.8) is 0 Å². The average Bonchev–Trinajstić information content (AvgIpc) is 3.16. The van der Waals surface area contributed by atoms with Gasteiger partial charge in [-0.25, -0.2) is 9.97 Å². The molecule has 152 valence electrons. The van der Waals surface area contributed by atoms with E-state index in [2.05, 4.69) is 10.3 Å². The predicted octanol–water partition coefficient (Wildman–Crippen LogP) is 4.97. The lowest BCUT2D eigenvalue weighted by atomic mass is 10.1. The first-order valence-electron chi connectivity index (χ1n) is 9.48. The van der Waals surface area contributed by atoms with Gasteiger partial charge in [0.2, 0.25) is 5.91 Å². The Morgan fingerprint density at radius 2 is 1.81 bits per heavy atom. The van der Waals surface area contributed by atoms with Gasteiger partial charge in [-0.05, 0) is 24.3 Å². The molecule has 0 aliphatic rings. The number of carbonyl (C=O) groups excluding carboxylic acids is 1. The SMILES string of the molecule is O=C(Cn1cnc2c(sc3nc(-c4ccccc4)ccc32)c1=O)Nc1ccccc1Cl. The zero-order chi connectivity index (χ0) is 21.4. The zero-order valence-corrected chi connectivity index (χ0v) is 17.7. The Labute approximate surface area is 185 Å². The Bertz CT molecular complexity index is 1490. The first-order chi connectivity index (χ1) is 15.1. The van der Waals surface area contributed by atoms with Gasteiger partial charge in [0.15, 0.2) is 0 Å². The third kappa shape index (κ3) is 3.69. The molecule has 0 fully saturated rings. The summed E-state index contributed by atoms with van der Waals surface area (Å²) in [5.74, 6) is -0.359. The monoisotopic (exact) mass is 446 g/mol. The summed E-state index contributed by atoms with van der Waals surface area (Å²) in [6, 6.07) is 20.6. The molecule has 0 radical (unpaired) electrons. The number of anilines is 1. The zero-order valence-electron chi connectivity index (χ0n) is 16.1. The van der Waals surface area contributed by atoms with Gasteiger partial charge in [0.25, 0.3) is 5.56 Å². The summed E-state index contributed by atoms with van der Waals surface area (Å²) in [4.78, 5) is 35.3. The number of carbonyl (C=O) groups is 1. The number of hydrogen-bond acceptors (Lipinski definition) is 5. The van der Waals surface area contributed by atoms with Crippen molar-refractivity contribution in [1.29, 1.82) is 0 Å². The Morgan fingerprint density at radius 3 is 2.61 bits per heavy atom. The second-order valence-electron chi connectivity index (χ2n) is 6.90. The number of para-hydroxylation sites is 1. The molecule has 5 aromatic rings. The maximum Gasteiger partial charge on any atom is 0.271 e. The number of aromatic nitrogens is 3. The summed E-state index contributed by atoms with van der Waals surface area (Å²) in [5.41, 5.74) is 2.65. The van der Waals surface area contributed by atoms with Crippen molar-refractivity contribution in [3.05, 3.63) is 88.4 Å². The van der Waals surface area contributed by atoms with Crippen molar-refractivity contribution in [2.24, 2.45) is 0 Å². The molecule has 0 unspecified atom stereocenters. The quantitative estimate of drug-likeness (QED) is 0.423. The molecule has 31 heavy (non-hydrogen) atoms. The third-order valence-electron chi connectivity index (χ3n) is 4.84. The van der Waals surface area contributed by atoms with Crippen LogP contribution in [0, 0.1) is 0 Å². The van der Waals surface area contributed by atoms with E-state index in [0.29, 0.717) is 20.9 Å². The van der Waals surface area contributed by atoms with E-state index in [4.69, 9.17) is 16.6 Å². The van der Waals surface area contributed by atoms with Gasteiger partial charge >= 0.3 is 0 Å². The molecular weight excluding hydrogens is 432 g/mol. The highest BCUT2D eigenvalue weighted by molar-refractivity contribution is 7.25. The van der Waals surface area contributed by atoms with Crippen LogP contribution in [0.1, 0.15) is 0 Å². The van der Waals surface area contributed by atoms with Crippen molar-refractivity contribution >= 4 is 55.0 Å². The summed E-state index contributed by atoms with van der Waals surface area (Å²) in [7, 11) is 0. The topological polar surface area (TPSA) is 76.9 Å². The largest absolute Gasteiger partial charge is 0.323 e. The molecule has 1 amide bonds. The van der Waals surface area contributed by atoms with Crippen molar-refractivity contribution in [1.82, 2.24) is 14.5 Å². The molecule has 0 bridgehead atoms. The molecule has 0 saturated heterocycles. The fraction of sp³-hybridized carbons (Fsp3) is 0.0435. The summed E-state index contributed by atoms with van der Waals surface area (Å²) in [6.45, 7) is -0.163. The standard InChI is InChI=1S/C23H15ClN4O2S/c24-16-8-4-5-9-18(16)26-19(29)12-28-13-25-20-15-10-11-17(14-6-2-1-3-7-14)27-22(15)31-21(20)23(28)30/h1-11,13H,12H2,(H,26,29). The van der Waals surface area contributed by atoms with Crippen LogP contribution in [0.4, 0.5) is 5.69 Å². The minimum atomic E-state index is -0.359. The number of pyridine rings is 1. The highest BCUT2D eigenvalue weighted by atomic mass is 35.5. The minimum absolute atomic E-state index is 0.163. The fourth-order valence-corrected chi connectivity index (χ4v) is 4.60. The second kappa shape index (κ2) is 7.94. The van der Waals surface area contributed by atoms with E-state index in [1.165, 1.54) is 22.2 Å². The molecular formula is C23H15ClN4O2S. The van der Waals surface area contributed by atoms with Gasteiger partial charge in [-0.2, -0.15) is 0 Å². The lowest BCUT2D eigenvalue weighted by Gasteiger charge is -2.08. The highest BCUT2D eigenvalue weighted by Crippen LogP contribution is 2.31. The lowest BCUT2D eigenvalue weighted by Crippen LogP contribution is -2.27. The Balaban J connectivity index is 1.49. The average molecular weight is 447 g/mol. The smallest absolute Gasteiger partial charge is 0.271 e. The molecule has 0 atom stereocenters. The lowest BCUT2D eigenvalue weighted by molar-refractivity contribution is -0.116. The second-order valence-corrected chi connectivity index (χ2v) is 8.31. The van der Waals surface area contributed by atoms with Crippen LogP contribution in [0.15, 0.2) is 77.9 Å². The maximum absolute atomic E-state index is 13.0. The number of halogens is 1. The van der Waals surface area contributed by atoms with Crippen LogP contribution in [-0.2, 0) is 11.3 Å². The van der Waals surface area contributed by atoms with E-state index >= 15 is 0 Å². The molecule has 5 rings (SSSR count). The van der Waals surface area contributed by atoms with Crippen LogP contribution in [0.2, 0.25) is 5.02 Å². The van der Waals surface area contributed by atoms with Crippen molar-refractivity contribution in [3.8, 4) is 11.3 Å². The van der Waals surface area contributed by atoms with Gasteiger partial charge in [0.1, 0.15) is 16.1 Å². The Hall–Kier alpha value is -3.55. The van der Waals surface area contributed by atoms with Gasteiger partial charge in [-0.1, -0.05) is 54.1 Å². The number of nitrogens with one attached hydrogen (secondary N) is 1. The van der Waals surface area contributed by atoms with Crippen molar-refractivity contribution < 1.29 is 4.79 Å². The normalized spacial score (nSPS) is 11.1. The first kappa shape index (κ1) is 19.4. The van der Waals surface area contributed by atoms with Gasteiger partial charge in [0, 0.05) is 10.9 Å². The molecule has 0 saturated carbocycles. The van der Waals surface area contributed by atoms with Crippen LogP contribution < -0.4 is 10.9 Å². The summed E-state index contributed by atoms with van der Waals surface area (Å²) >= 11 is 7.37. The highest BCUT2D eigenvalue weighted by Gasteiger charge is 2.15. The van der Waals surface area contributed by atoms with Crippen LogP contribution in [0.5, 0.6) is 0 Å². The molecule has 2 aromatic carbocycles. The van der Waals surface area contributed by atoms with Gasteiger partial charge < -0.3 is 5.32 Å². The van der Waals surface area contributed by atoms with Crippen molar-refractivity contribution in [2.45, 2.75) is 6.54 Å². The number of thiophene rings is 1. The molecule has 0 aliphatic carbocycles. The van der Waals surface area contributed by atoms with Crippen LogP contribution >= 0.6 is 22.9 Å². The van der Waals surface area contributed by atoms with Gasteiger partial charge in [0.05, 0.1) is 28.2 Å². The number of nitrogens with zero attached hydrogens (tertiary/aromatic N) is 3. The van der Waals surface area contributed by atoms with E-state index in [1.54, 1.807) is 24.3 Å². The summed E-state index contributed by atoms with van der Waals surface area (Å²) in [5, 5.41) is 3.97. The molecule has 6 nitrogen and oxygen atoms in total. The Kier molecular flexibility index (Phi) is 4.97. The predicted molar refractivity (Wildman–Crippen MR) is 125 cm³/mol. The number of hydrogen-bond donors (Lipinski definition) is 1. The number of amides is 1. The van der Waals surface area contributed by atoms with E-state index in [0.717, 1.165) is 21.5 Å². The molecule has 0 aliphatic heterocycles. The Morgan fingerprint density at radius 1 is 1.03 bits per heavy atom. The van der Waals surface area contributed by atoms with E-state index in [1.807, 2.05) is 42.5 Å². The maximum atomic E-state index is 13.0. The van der Waals surface area contributed by atoms with Gasteiger partial charge in [-0.15, -0.1) is 11.3 Å². The molecule has 0 spiro atoms. The number of rotatable bonds is 4. The molecule has 8 heteroatoms. The molecule has 3 heterocycles. The van der Waals surface area contributed by atoms with Crippen molar-refractivity contribution in [2.75, 3.05) is 5.32 Å². The molecule has 3 aromatic heterocycles. The van der Waals surface area contributed by atoms with Gasteiger partial charge in [-0.3, -0.25) is 14.2 Å². The van der Waals surface area contributed by atoms with E-state index < -0.39 is 0 Å². The van der Waals surface area contributed by atoms with Crippen LogP contribution in [-0.4, -0.2) is 20.4 Å². The van der Waals surface area contributed by atoms with Crippen LogP contribution in [0.25, 0.3) is 31.7 Å². The summed E-state index contributed by atoms with van der Waals surface area (Å²) < 4.78 is 1.77. The van der Waals surface area contributed by atoms with Crippen LogP contribution in [0.3, 0.4) is 0 Å². The number of fused-ring (bicyclic) bond motifs is 3. The third-order valence-corrected chi connectivity index (χ3v) is 6.25. The van der Waals surface area contributed by atoms with E-state index in [9.17, 15) is 9.59 Å².